The van der Waals surface area contributed by atoms with Gasteiger partial charge in [0.15, 0.2) is 0 Å². The van der Waals surface area contributed by atoms with Gasteiger partial charge in [0.05, 0.1) is 12.5 Å². The van der Waals surface area contributed by atoms with E-state index >= 15 is 0 Å². The molecule has 1 aliphatic rings. The van der Waals surface area contributed by atoms with E-state index in [4.69, 9.17) is 17.0 Å². The molecule has 0 spiro atoms. The Hall–Kier alpha value is -0.130. The third kappa shape index (κ3) is 4.72. The molecule has 1 aliphatic heterocycles. The van der Waals surface area contributed by atoms with E-state index < -0.39 is 0 Å². The van der Waals surface area contributed by atoms with Gasteiger partial charge in [-0.3, -0.25) is 9.69 Å². The molecular formula is C14H25NO2S2. The lowest BCUT2D eigenvalue weighted by Gasteiger charge is -2.28. The first kappa shape index (κ1) is 16.9. The van der Waals surface area contributed by atoms with Crippen LogP contribution in [0.5, 0.6) is 0 Å². The topological polar surface area (TPSA) is 29.5 Å². The minimum Gasteiger partial charge on any atom is -0.381 e. The highest BCUT2D eigenvalue weighted by atomic mass is 32.2. The Kier molecular flexibility index (Phi) is 6.77. The third-order valence-corrected chi connectivity index (χ3v) is 4.92. The van der Waals surface area contributed by atoms with E-state index in [0.29, 0.717) is 18.3 Å². The lowest BCUT2D eigenvalue weighted by atomic mass is 10.0. The highest BCUT2D eigenvalue weighted by Gasteiger charge is 2.36. The van der Waals surface area contributed by atoms with Gasteiger partial charge in [0.25, 0.3) is 0 Å². The van der Waals surface area contributed by atoms with Crippen LogP contribution in [0.15, 0.2) is 0 Å². The molecule has 0 unspecified atom stereocenters. The number of hydrogen-bond donors (Lipinski definition) is 0. The smallest absolute Gasteiger partial charge is 0.230 e. The van der Waals surface area contributed by atoms with E-state index in [1.54, 1.807) is 18.9 Å². The van der Waals surface area contributed by atoms with Crippen molar-refractivity contribution in [3.63, 3.8) is 0 Å². The van der Waals surface area contributed by atoms with Gasteiger partial charge in [-0.2, -0.15) is 0 Å². The van der Waals surface area contributed by atoms with Gasteiger partial charge < -0.3 is 4.74 Å². The van der Waals surface area contributed by atoms with Crippen molar-refractivity contribution >= 4 is 34.2 Å². The summed E-state index contributed by atoms with van der Waals surface area (Å²) in [6.07, 6.45) is 1.33. The van der Waals surface area contributed by atoms with Crippen LogP contribution in [0.2, 0.25) is 0 Å². The zero-order valence-corrected chi connectivity index (χ0v) is 14.1. The number of ether oxygens (including phenoxy) is 1. The van der Waals surface area contributed by atoms with E-state index in [2.05, 4.69) is 27.7 Å². The van der Waals surface area contributed by atoms with Gasteiger partial charge in [0.1, 0.15) is 4.32 Å². The Morgan fingerprint density at radius 2 is 2.11 bits per heavy atom. The van der Waals surface area contributed by atoms with Gasteiger partial charge in [-0.15, -0.1) is 0 Å². The number of carbonyl (C=O) groups is 1. The number of thioether (sulfide) groups is 1. The molecule has 1 fully saturated rings. The highest BCUT2D eigenvalue weighted by Crippen LogP contribution is 2.30. The van der Waals surface area contributed by atoms with E-state index in [0.717, 1.165) is 16.5 Å². The van der Waals surface area contributed by atoms with Crippen molar-refractivity contribution < 1.29 is 9.53 Å². The van der Waals surface area contributed by atoms with Gasteiger partial charge >= 0.3 is 0 Å². The second kappa shape index (κ2) is 7.60. The van der Waals surface area contributed by atoms with Crippen molar-refractivity contribution in [2.24, 2.45) is 11.8 Å². The van der Waals surface area contributed by atoms with Gasteiger partial charge in [-0.05, 0) is 18.3 Å². The monoisotopic (exact) mass is 303 g/mol. The van der Waals surface area contributed by atoms with Gasteiger partial charge in [-0.25, -0.2) is 0 Å². The van der Waals surface area contributed by atoms with Crippen LogP contribution >= 0.6 is 24.0 Å². The summed E-state index contributed by atoms with van der Waals surface area (Å²) in [4.78, 5) is 14.3. The first-order valence-corrected chi connectivity index (χ1v) is 8.27. The van der Waals surface area contributed by atoms with Crippen molar-refractivity contribution in [1.82, 2.24) is 4.90 Å². The van der Waals surface area contributed by atoms with E-state index in [1.165, 1.54) is 0 Å². The predicted molar refractivity (Wildman–Crippen MR) is 85.4 cm³/mol. The zero-order valence-electron chi connectivity index (χ0n) is 12.5. The zero-order chi connectivity index (χ0) is 14.6. The second-order valence-corrected chi connectivity index (χ2v) is 7.50. The Labute approximate surface area is 126 Å². The Bertz CT molecular complexity index is 331. The van der Waals surface area contributed by atoms with Crippen LogP contribution in [0, 0.1) is 11.8 Å². The number of thiocarbonyl (C=S) groups is 1. The third-order valence-electron chi connectivity index (χ3n) is 3.41. The number of methoxy groups -OCH3 is 1. The van der Waals surface area contributed by atoms with Crippen LogP contribution in [-0.2, 0) is 9.53 Å². The number of nitrogens with zero attached hydrogens (tertiary/aromatic N) is 1. The summed E-state index contributed by atoms with van der Waals surface area (Å²) >= 11 is 6.93. The highest BCUT2D eigenvalue weighted by molar-refractivity contribution is 8.23. The lowest BCUT2D eigenvalue weighted by molar-refractivity contribution is -0.131. The van der Waals surface area contributed by atoms with Crippen molar-refractivity contribution in [2.45, 2.75) is 52.7 Å². The summed E-state index contributed by atoms with van der Waals surface area (Å²) in [5.74, 6) is 1.99. The van der Waals surface area contributed by atoms with E-state index in [9.17, 15) is 4.79 Å². The summed E-state index contributed by atoms with van der Waals surface area (Å²) in [5.41, 5.74) is 0. The molecule has 1 rings (SSSR count). The molecule has 1 saturated heterocycles. The normalized spacial score (nSPS) is 21.5. The number of rotatable bonds is 6. The van der Waals surface area contributed by atoms with Gasteiger partial charge in [0.2, 0.25) is 5.91 Å². The maximum atomic E-state index is 12.5. The molecule has 5 heteroatoms. The minimum atomic E-state index is -0.00582. The molecular weight excluding hydrogens is 278 g/mol. The summed E-state index contributed by atoms with van der Waals surface area (Å²) in [5, 5.41) is 0. The molecule has 0 radical (unpaired) electrons. The number of carbonyl (C=O) groups excluding carboxylic acids is 1. The van der Waals surface area contributed by atoms with Crippen LogP contribution in [-0.4, -0.2) is 40.1 Å². The molecule has 3 nitrogen and oxygen atoms in total. The summed E-state index contributed by atoms with van der Waals surface area (Å²) < 4.78 is 6.15. The minimum absolute atomic E-state index is 0.00582. The lowest BCUT2D eigenvalue weighted by Crippen LogP contribution is -2.43. The average Bonchev–Trinajstić information content (AvgIpc) is 2.69. The largest absolute Gasteiger partial charge is 0.381 e. The summed E-state index contributed by atoms with van der Waals surface area (Å²) in [7, 11) is 1.68. The predicted octanol–water partition coefficient (Wildman–Crippen LogP) is 3.32. The van der Waals surface area contributed by atoms with Crippen molar-refractivity contribution in [2.75, 3.05) is 12.9 Å². The fourth-order valence-electron chi connectivity index (χ4n) is 2.30. The first-order chi connectivity index (χ1) is 8.86. The second-order valence-electron chi connectivity index (χ2n) is 5.84. The molecule has 2 atom stereocenters. The van der Waals surface area contributed by atoms with Crippen molar-refractivity contribution in [3.05, 3.63) is 0 Å². The van der Waals surface area contributed by atoms with E-state index in [1.807, 2.05) is 4.90 Å². The Morgan fingerprint density at radius 3 is 2.58 bits per heavy atom. The first-order valence-electron chi connectivity index (χ1n) is 6.88. The SMILES string of the molecule is CO[C@@H](CC(=O)N1C(=S)SC[C@@H]1C(C)C)CC(C)C. The maximum Gasteiger partial charge on any atom is 0.230 e. The molecule has 0 aromatic heterocycles. The fourth-order valence-corrected chi connectivity index (χ4v) is 3.96. The van der Waals surface area contributed by atoms with Crippen LogP contribution in [0.25, 0.3) is 0 Å². The molecule has 0 N–H and O–H groups in total. The average molecular weight is 303 g/mol. The Balaban J connectivity index is 2.67. The molecule has 110 valence electrons. The Morgan fingerprint density at radius 1 is 1.47 bits per heavy atom. The number of amides is 1. The van der Waals surface area contributed by atoms with E-state index in [-0.39, 0.29) is 18.1 Å². The van der Waals surface area contributed by atoms with Crippen LogP contribution in [0.3, 0.4) is 0 Å². The van der Waals surface area contributed by atoms with Crippen molar-refractivity contribution in [3.8, 4) is 0 Å². The molecule has 0 aromatic carbocycles. The quantitative estimate of drug-likeness (QED) is 0.704. The number of hydrogen-bond acceptors (Lipinski definition) is 4. The maximum absolute atomic E-state index is 12.5. The molecule has 0 aliphatic carbocycles. The summed E-state index contributed by atoms with van der Waals surface area (Å²) in [6.45, 7) is 8.57. The molecule has 1 heterocycles. The van der Waals surface area contributed by atoms with Crippen LogP contribution < -0.4 is 0 Å². The van der Waals surface area contributed by atoms with Crippen LogP contribution in [0.4, 0.5) is 0 Å². The van der Waals surface area contributed by atoms with Gasteiger partial charge in [-0.1, -0.05) is 51.7 Å². The summed E-state index contributed by atoms with van der Waals surface area (Å²) in [6, 6.07) is 0.238. The molecule has 1 amide bonds. The van der Waals surface area contributed by atoms with Crippen LogP contribution in [0.1, 0.15) is 40.5 Å². The molecule has 0 bridgehead atoms. The molecule has 19 heavy (non-hydrogen) atoms. The fraction of sp³-hybridized carbons (Fsp3) is 0.857. The standard InChI is InChI=1S/C14H25NO2S2/c1-9(2)6-11(17-5)7-13(16)15-12(10(3)4)8-19-14(15)18/h9-12H,6-8H2,1-5H3/t11-,12-/m1/s1. The van der Waals surface area contributed by atoms with Crippen molar-refractivity contribution in [1.29, 1.82) is 0 Å². The molecule has 0 saturated carbocycles. The van der Waals surface area contributed by atoms with Gasteiger partial charge in [0, 0.05) is 18.9 Å². The molecule has 0 aromatic rings.